The van der Waals surface area contributed by atoms with E-state index in [0.29, 0.717) is 11.7 Å². The Morgan fingerprint density at radius 2 is 1.68 bits per heavy atom. The molecule has 1 heterocycles. The molecule has 0 N–H and O–H groups in total. The van der Waals surface area contributed by atoms with Crippen LogP contribution in [0.3, 0.4) is 0 Å². The fraction of sp³-hybridized carbons (Fsp3) is 0.500. The molecular formula is C28H37BrN2O3. The van der Waals surface area contributed by atoms with E-state index in [1.807, 2.05) is 35.2 Å². The molecule has 2 aliphatic rings. The van der Waals surface area contributed by atoms with E-state index in [0.717, 1.165) is 55.1 Å². The second-order valence-electron chi connectivity index (χ2n) is 9.11. The summed E-state index contributed by atoms with van der Waals surface area (Å²) < 4.78 is 11.0. The van der Waals surface area contributed by atoms with Crippen molar-refractivity contribution in [1.29, 1.82) is 0 Å². The number of ketones is 1. The van der Waals surface area contributed by atoms with Gasteiger partial charge in [-0.3, -0.25) is 9.79 Å². The van der Waals surface area contributed by atoms with Crippen LogP contribution in [-0.4, -0.2) is 38.9 Å². The van der Waals surface area contributed by atoms with Gasteiger partial charge in [0.2, 0.25) is 0 Å². The average Bonchev–Trinajstić information content (AvgIpc) is 3.17. The van der Waals surface area contributed by atoms with E-state index in [4.69, 9.17) is 14.5 Å². The number of anilines is 1. The van der Waals surface area contributed by atoms with Crippen LogP contribution in [0.1, 0.15) is 79.6 Å². The summed E-state index contributed by atoms with van der Waals surface area (Å²) in [5.41, 5.74) is 2.97. The predicted molar refractivity (Wildman–Crippen MR) is 145 cm³/mol. The minimum Gasteiger partial charge on any atom is -0.497 e. The molecule has 0 atom stereocenters. The van der Waals surface area contributed by atoms with Crippen molar-refractivity contribution in [3.8, 4) is 11.5 Å². The van der Waals surface area contributed by atoms with Gasteiger partial charge in [-0.05, 0) is 49.3 Å². The van der Waals surface area contributed by atoms with Gasteiger partial charge in [0.1, 0.15) is 17.3 Å². The number of aliphatic imine (C=N–C) groups is 1. The zero-order chi connectivity index (χ0) is 23.0. The minimum atomic E-state index is 0. The Labute approximate surface area is 214 Å². The van der Waals surface area contributed by atoms with Gasteiger partial charge in [-0.25, -0.2) is 0 Å². The first kappa shape index (κ1) is 26.3. The van der Waals surface area contributed by atoms with E-state index in [2.05, 4.69) is 12.1 Å². The topological polar surface area (TPSA) is 51.1 Å². The Hall–Kier alpha value is -2.34. The van der Waals surface area contributed by atoms with Gasteiger partial charge in [0.05, 0.1) is 26.5 Å². The number of carbonyl (C=O) groups is 1. The van der Waals surface area contributed by atoms with E-state index < -0.39 is 0 Å². The summed E-state index contributed by atoms with van der Waals surface area (Å²) in [5, 5.41) is 0. The Bertz CT molecular complexity index is 968. The van der Waals surface area contributed by atoms with Crippen molar-refractivity contribution in [2.24, 2.45) is 4.99 Å². The summed E-state index contributed by atoms with van der Waals surface area (Å²) in [5.74, 6) is 3.10. The van der Waals surface area contributed by atoms with Crippen LogP contribution >= 0.6 is 17.0 Å². The van der Waals surface area contributed by atoms with E-state index in [1.165, 1.54) is 37.7 Å². The Morgan fingerprint density at radius 1 is 0.941 bits per heavy atom. The normalized spacial score (nSPS) is 16.6. The molecule has 1 saturated carbocycles. The fourth-order valence-electron chi connectivity index (χ4n) is 5.01. The molecule has 4 rings (SSSR count). The zero-order valence-corrected chi connectivity index (χ0v) is 22.1. The third-order valence-corrected chi connectivity index (χ3v) is 6.95. The first-order valence-electron chi connectivity index (χ1n) is 12.4. The molecule has 1 fully saturated rings. The van der Waals surface area contributed by atoms with Crippen molar-refractivity contribution in [2.45, 2.75) is 63.7 Å². The second kappa shape index (κ2) is 12.9. The average molecular weight is 530 g/mol. The number of ether oxygens (including phenoxy) is 2. The Kier molecular flexibility index (Phi) is 10.00. The van der Waals surface area contributed by atoms with Crippen LogP contribution in [0, 0.1) is 0 Å². The summed E-state index contributed by atoms with van der Waals surface area (Å²) in [6, 6.07) is 14.1. The molecule has 6 heteroatoms. The van der Waals surface area contributed by atoms with E-state index >= 15 is 0 Å². The van der Waals surface area contributed by atoms with Crippen LogP contribution in [0.25, 0.3) is 0 Å². The van der Waals surface area contributed by atoms with Crippen LogP contribution in [0.5, 0.6) is 11.5 Å². The molecule has 1 aliphatic carbocycles. The molecular weight excluding hydrogens is 492 g/mol. The maximum atomic E-state index is 13.4. The number of hydrogen-bond acceptors (Lipinski definition) is 5. The molecule has 0 aromatic heterocycles. The van der Waals surface area contributed by atoms with Crippen LogP contribution in [-0.2, 0) is 0 Å². The van der Waals surface area contributed by atoms with Gasteiger partial charge in [0.15, 0.2) is 5.78 Å². The number of halogens is 1. The van der Waals surface area contributed by atoms with Crippen LogP contribution in [0.2, 0.25) is 0 Å². The summed E-state index contributed by atoms with van der Waals surface area (Å²) in [6.07, 6.45) is 10.7. The monoisotopic (exact) mass is 528 g/mol. The number of methoxy groups -OCH3 is 2. The molecule has 0 spiro atoms. The molecule has 2 aromatic carbocycles. The van der Waals surface area contributed by atoms with Crippen molar-refractivity contribution in [2.75, 3.05) is 32.2 Å². The SMILES string of the molecule is Br.COc1ccc(N(CC(=O)c2ccc(C3CCCCC3)cc2)C2=NCCCCC2)c(OC)c1. The number of amidine groups is 1. The highest BCUT2D eigenvalue weighted by Gasteiger charge is 2.23. The van der Waals surface area contributed by atoms with Gasteiger partial charge in [-0.2, -0.15) is 0 Å². The molecule has 0 radical (unpaired) electrons. The first-order chi connectivity index (χ1) is 16.2. The summed E-state index contributed by atoms with van der Waals surface area (Å²) in [7, 11) is 3.29. The van der Waals surface area contributed by atoms with Crippen molar-refractivity contribution in [3.05, 3.63) is 53.6 Å². The minimum absolute atomic E-state index is 0. The van der Waals surface area contributed by atoms with E-state index in [1.54, 1.807) is 14.2 Å². The van der Waals surface area contributed by atoms with E-state index in [-0.39, 0.29) is 29.3 Å². The molecule has 2 aromatic rings. The summed E-state index contributed by atoms with van der Waals surface area (Å²) >= 11 is 0. The summed E-state index contributed by atoms with van der Waals surface area (Å²) in [6.45, 7) is 1.04. The lowest BCUT2D eigenvalue weighted by Gasteiger charge is -2.27. The third kappa shape index (κ3) is 6.41. The molecule has 184 valence electrons. The molecule has 0 bridgehead atoms. The maximum Gasteiger partial charge on any atom is 0.182 e. The number of hydrogen-bond donors (Lipinski definition) is 0. The quantitative estimate of drug-likeness (QED) is 0.363. The lowest BCUT2D eigenvalue weighted by molar-refractivity contribution is 0.100. The standard InChI is InChI=1S/C28H36N2O3.BrH/c1-32-24-16-17-25(27(19-24)33-2)30(28-11-7-4-8-18-29-28)20-26(31)23-14-12-22(13-15-23)21-9-5-3-6-10-21;/h12-17,19,21H,3-11,18,20H2,1-2H3;1H. The molecule has 0 amide bonds. The first-order valence-corrected chi connectivity index (χ1v) is 12.4. The molecule has 34 heavy (non-hydrogen) atoms. The number of carbonyl (C=O) groups excluding carboxylic acids is 1. The van der Waals surface area contributed by atoms with Gasteiger partial charge in [-0.15, -0.1) is 17.0 Å². The largest absolute Gasteiger partial charge is 0.497 e. The zero-order valence-electron chi connectivity index (χ0n) is 20.4. The highest BCUT2D eigenvalue weighted by Crippen LogP contribution is 2.35. The Balaban J connectivity index is 0.00000324. The number of Topliss-reactive ketones (excluding diaryl/α,β-unsaturated/α-hetero) is 1. The lowest BCUT2D eigenvalue weighted by Crippen LogP contribution is -2.36. The highest BCUT2D eigenvalue weighted by atomic mass is 79.9. The van der Waals surface area contributed by atoms with Crippen molar-refractivity contribution < 1.29 is 14.3 Å². The second-order valence-corrected chi connectivity index (χ2v) is 9.11. The predicted octanol–water partition coefficient (Wildman–Crippen LogP) is 6.99. The highest BCUT2D eigenvalue weighted by molar-refractivity contribution is 8.93. The van der Waals surface area contributed by atoms with Gasteiger partial charge in [-0.1, -0.05) is 49.9 Å². The fourth-order valence-corrected chi connectivity index (χ4v) is 5.01. The lowest BCUT2D eigenvalue weighted by atomic mass is 9.84. The van der Waals surface area contributed by atoms with Crippen molar-refractivity contribution in [1.82, 2.24) is 0 Å². The number of benzene rings is 2. The maximum absolute atomic E-state index is 13.4. The van der Waals surface area contributed by atoms with Crippen LogP contribution in [0.15, 0.2) is 47.5 Å². The third-order valence-electron chi connectivity index (χ3n) is 6.95. The molecule has 5 nitrogen and oxygen atoms in total. The smallest absolute Gasteiger partial charge is 0.182 e. The Morgan fingerprint density at radius 3 is 2.38 bits per heavy atom. The molecule has 1 aliphatic heterocycles. The van der Waals surface area contributed by atoms with Crippen LogP contribution in [0.4, 0.5) is 5.69 Å². The number of rotatable bonds is 7. The molecule has 0 saturated heterocycles. The van der Waals surface area contributed by atoms with Crippen molar-refractivity contribution >= 4 is 34.3 Å². The summed E-state index contributed by atoms with van der Waals surface area (Å²) in [4.78, 5) is 20.3. The number of nitrogens with zero attached hydrogens (tertiary/aromatic N) is 2. The van der Waals surface area contributed by atoms with Gasteiger partial charge >= 0.3 is 0 Å². The van der Waals surface area contributed by atoms with E-state index in [9.17, 15) is 4.79 Å². The van der Waals surface area contributed by atoms with Gasteiger partial charge in [0.25, 0.3) is 0 Å². The van der Waals surface area contributed by atoms with Gasteiger partial charge < -0.3 is 14.4 Å². The van der Waals surface area contributed by atoms with Gasteiger partial charge in [0, 0.05) is 24.6 Å². The van der Waals surface area contributed by atoms with Crippen molar-refractivity contribution in [3.63, 3.8) is 0 Å². The molecule has 0 unspecified atom stereocenters. The van der Waals surface area contributed by atoms with Crippen LogP contribution < -0.4 is 14.4 Å².